The van der Waals surface area contributed by atoms with Crippen LogP contribution in [0.4, 0.5) is 4.79 Å². The highest BCUT2D eigenvalue weighted by Gasteiger charge is 2.00. The molecule has 0 aromatic heterocycles. The van der Waals surface area contributed by atoms with Crippen LogP contribution in [0.25, 0.3) is 0 Å². The van der Waals surface area contributed by atoms with Crippen LogP contribution in [-0.4, -0.2) is 11.3 Å². The Hall–Kier alpha value is -1.77. The molecule has 17 heavy (non-hydrogen) atoms. The van der Waals surface area contributed by atoms with Gasteiger partial charge >= 0.3 is 6.16 Å². The van der Waals surface area contributed by atoms with Gasteiger partial charge in [-0.1, -0.05) is 38.1 Å². The lowest BCUT2D eigenvalue weighted by Crippen LogP contribution is -1.95. The Bertz CT molecular complexity index is 402. The Morgan fingerprint density at radius 1 is 1.35 bits per heavy atom. The SMILES string of the molecule is C/C(=C\OC(=O)O)Cc1ccc(C(C)C)cc1. The van der Waals surface area contributed by atoms with E-state index in [1.807, 2.05) is 6.92 Å². The van der Waals surface area contributed by atoms with Crippen LogP contribution >= 0.6 is 0 Å². The Balaban J connectivity index is 2.63. The topological polar surface area (TPSA) is 46.5 Å². The van der Waals surface area contributed by atoms with Crippen LogP contribution in [0.1, 0.15) is 37.8 Å². The van der Waals surface area contributed by atoms with Gasteiger partial charge < -0.3 is 9.84 Å². The van der Waals surface area contributed by atoms with Crippen LogP contribution in [-0.2, 0) is 11.2 Å². The molecule has 3 nitrogen and oxygen atoms in total. The van der Waals surface area contributed by atoms with Crippen molar-refractivity contribution in [2.24, 2.45) is 0 Å². The van der Waals surface area contributed by atoms with Crippen LogP contribution in [0.5, 0.6) is 0 Å². The largest absolute Gasteiger partial charge is 0.510 e. The lowest BCUT2D eigenvalue weighted by molar-refractivity contribution is 0.127. The molecule has 1 aromatic rings. The quantitative estimate of drug-likeness (QED) is 0.633. The number of hydrogen-bond acceptors (Lipinski definition) is 2. The van der Waals surface area contributed by atoms with Gasteiger partial charge in [0.15, 0.2) is 0 Å². The highest BCUT2D eigenvalue weighted by molar-refractivity contribution is 5.57. The van der Waals surface area contributed by atoms with Gasteiger partial charge in [0.2, 0.25) is 0 Å². The molecule has 1 N–H and O–H groups in total. The summed E-state index contributed by atoms with van der Waals surface area (Å²) in [6.07, 6.45) is 0.698. The van der Waals surface area contributed by atoms with Crippen molar-refractivity contribution in [3.8, 4) is 0 Å². The Morgan fingerprint density at radius 3 is 2.41 bits per heavy atom. The second-order valence-corrected chi connectivity index (χ2v) is 4.42. The fourth-order valence-corrected chi connectivity index (χ4v) is 1.54. The van der Waals surface area contributed by atoms with E-state index in [1.54, 1.807) is 0 Å². The minimum Gasteiger partial charge on any atom is -0.449 e. The summed E-state index contributed by atoms with van der Waals surface area (Å²) in [5.41, 5.74) is 3.33. The molecule has 0 radical (unpaired) electrons. The van der Waals surface area contributed by atoms with Crippen molar-refractivity contribution in [1.29, 1.82) is 0 Å². The molecule has 92 valence electrons. The average molecular weight is 234 g/mol. The molecule has 0 unspecified atom stereocenters. The first kappa shape index (κ1) is 13.3. The second kappa shape index (κ2) is 6.09. The van der Waals surface area contributed by atoms with Gasteiger partial charge in [-0.2, -0.15) is 0 Å². The van der Waals surface area contributed by atoms with Gasteiger partial charge in [-0.25, -0.2) is 4.79 Å². The number of ether oxygens (including phenoxy) is 1. The van der Waals surface area contributed by atoms with Crippen molar-refractivity contribution in [1.82, 2.24) is 0 Å². The maximum Gasteiger partial charge on any atom is 0.510 e. The maximum absolute atomic E-state index is 10.2. The summed E-state index contributed by atoms with van der Waals surface area (Å²) in [6, 6.07) is 8.33. The molecule has 0 spiro atoms. The van der Waals surface area contributed by atoms with Gasteiger partial charge in [0.25, 0.3) is 0 Å². The summed E-state index contributed by atoms with van der Waals surface area (Å²) in [5.74, 6) is 0.524. The summed E-state index contributed by atoms with van der Waals surface area (Å²) >= 11 is 0. The third kappa shape index (κ3) is 4.72. The van der Waals surface area contributed by atoms with Crippen LogP contribution in [0.3, 0.4) is 0 Å². The fraction of sp³-hybridized carbons (Fsp3) is 0.357. The van der Waals surface area contributed by atoms with E-state index >= 15 is 0 Å². The molecule has 0 fully saturated rings. The van der Waals surface area contributed by atoms with Crippen molar-refractivity contribution >= 4 is 6.16 Å². The van der Waals surface area contributed by atoms with E-state index in [-0.39, 0.29) is 0 Å². The standard InChI is InChI=1S/C14H18O3/c1-10(2)13-6-4-12(5-7-13)8-11(3)9-17-14(15)16/h4-7,9-10H,8H2,1-3H3,(H,15,16)/b11-9+. The van der Waals surface area contributed by atoms with Crippen LogP contribution in [0.15, 0.2) is 36.1 Å². The summed E-state index contributed by atoms with van der Waals surface area (Å²) in [4.78, 5) is 10.2. The molecule has 0 aliphatic heterocycles. The van der Waals surface area contributed by atoms with Gasteiger partial charge in [0.1, 0.15) is 0 Å². The van der Waals surface area contributed by atoms with E-state index < -0.39 is 6.16 Å². The van der Waals surface area contributed by atoms with Gasteiger partial charge in [-0.3, -0.25) is 0 Å². The van der Waals surface area contributed by atoms with Gasteiger partial charge in [-0.05, 0) is 36.0 Å². The Morgan fingerprint density at radius 2 is 1.94 bits per heavy atom. The van der Waals surface area contributed by atoms with Gasteiger partial charge in [-0.15, -0.1) is 0 Å². The Labute approximate surface area is 102 Å². The molecule has 0 atom stereocenters. The van der Waals surface area contributed by atoms with E-state index in [2.05, 4.69) is 42.8 Å². The monoisotopic (exact) mass is 234 g/mol. The molecular weight excluding hydrogens is 216 g/mol. The summed E-state index contributed by atoms with van der Waals surface area (Å²) in [7, 11) is 0. The molecule has 0 saturated carbocycles. The lowest BCUT2D eigenvalue weighted by atomic mass is 9.99. The summed E-state index contributed by atoms with van der Waals surface area (Å²) in [6.45, 7) is 6.15. The minimum absolute atomic E-state index is 0.524. The van der Waals surface area contributed by atoms with Gasteiger partial charge in [0, 0.05) is 0 Å². The number of benzene rings is 1. The average Bonchev–Trinajstić information content (AvgIpc) is 2.27. The molecule has 0 heterocycles. The van der Waals surface area contributed by atoms with Gasteiger partial charge in [0.05, 0.1) is 6.26 Å². The predicted octanol–water partition coefficient (Wildman–Crippen LogP) is 3.95. The first-order chi connectivity index (χ1) is 7.99. The molecule has 3 heteroatoms. The zero-order chi connectivity index (χ0) is 12.8. The maximum atomic E-state index is 10.2. The van der Waals surface area contributed by atoms with E-state index in [9.17, 15) is 4.79 Å². The van der Waals surface area contributed by atoms with Crippen molar-refractivity contribution in [2.45, 2.75) is 33.1 Å². The smallest absolute Gasteiger partial charge is 0.449 e. The van der Waals surface area contributed by atoms with E-state index in [1.165, 1.54) is 11.8 Å². The van der Waals surface area contributed by atoms with Crippen molar-refractivity contribution < 1.29 is 14.6 Å². The van der Waals surface area contributed by atoms with Crippen molar-refractivity contribution in [2.75, 3.05) is 0 Å². The first-order valence-corrected chi connectivity index (χ1v) is 5.63. The molecule has 0 saturated heterocycles. The van der Waals surface area contributed by atoms with Crippen molar-refractivity contribution in [3.63, 3.8) is 0 Å². The molecule has 1 rings (SSSR count). The third-order valence-electron chi connectivity index (χ3n) is 2.49. The van der Waals surface area contributed by atoms with E-state index in [0.29, 0.717) is 12.3 Å². The van der Waals surface area contributed by atoms with Crippen LogP contribution in [0.2, 0.25) is 0 Å². The molecular formula is C14H18O3. The highest BCUT2D eigenvalue weighted by Crippen LogP contribution is 2.16. The number of hydrogen-bond donors (Lipinski definition) is 1. The fourth-order valence-electron chi connectivity index (χ4n) is 1.54. The summed E-state index contributed by atoms with van der Waals surface area (Å²) < 4.78 is 4.39. The van der Waals surface area contributed by atoms with Crippen molar-refractivity contribution in [3.05, 3.63) is 47.2 Å². The van der Waals surface area contributed by atoms with E-state index in [4.69, 9.17) is 5.11 Å². The molecule has 0 aliphatic carbocycles. The highest BCUT2D eigenvalue weighted by atomic mass is 16.7. The van der Waals surface area contributed by atoms with E-state index in [0.717, 1.165) is 11.1 Å². The Kier molecular flexibility index (Phi) is 4.76. The second-order valence-electron chi connectivity index (χ2n) is 4.42. The van der Waals surface area contributed by atoms with Crippen LogP contribution < -0.4 is 0 Å². The normalized spacial score (nSPS) is 11.6. The number of allylic oxidation sites excluding steroid dienone is 1. The minimum atomic E-state index is -1.28. The molecule has 0 bridgehead atoms. The first-order valence-electron chi connectivity index (χ1n) is 5.63. The molecule has 1 aromatic carbocycles. The van der Waals surface area contributed by atoms with Crippen LogP contribution in [0, 0.1) is 0 Å². The molecule has 0 aliphatic rings. The number of carboxylic acid groups (broad SMARTS) is 1. The number of carbonyl (C=O) groups is 1. The number of rotatable bonds is 4. The zero-order valence-electron chi connectivity index (χ0n) is 10.4. The predicted molar refractivity (Wildman–Crippen MR) is 67.1 cm³/mol. The third-order valence-corrected chi connectivity index (χ3v) is 2.49. The molecule has 0 amide bonds. The lowest BCUT2D eigenvalue weighted by Gasteiger charge is -2.07. The zero-order valence-corrected chi connectivity index (χ0v) is 10.4. The summed E-state index contributed by atoms with van der Waals surface area (Å²) in [5, 5.41) is 8.36.